The molecule has 1 saturated carbocycles. The van der Waals surface area contributed by atoms with E-state index in [0.29, 0.717) is 29.4 Å². The van der Waals surface area contributed by atoms with Gasteiger partial charge in [-0.2, -0.15) is 0 Å². The van der Waals surface area contributed by atoms with Crippen LogP contribution in [0.1, 0.15) is 51.1 Å². The summed E-state index contributed by atoms with van der Waals surface area (Å²) in [6.07, 6.45) is 3.87. The van der Waals surface area contributed by atoms with Crippen molar-refractivity contribution < 1.29 is 23.8 Å². The number of benzene rings is 1. The molecule has 7 heteroatoms. The highest BCUT2D eigenvalue weighted by Gasteiger charge is 2.34. The number of carbonyl (C=O) groups is 2. The van der Waals surface area contributed by atoms with E-state index >= 15 is 0 Å². The molecule has 2 amide bonds. The van der Waals surface area contributed by atoms with Crippen LogP contribution in [0.5, 0.6) is 11.5 Å². The van der Waals surface area contributed by atoms with E-state index < -0.39 is 12.0 Å². The lowest BCUT2D eigenvalue weighted by Crippen LogP contribution is -2.45. The van der Waals surface area contributed by atoms with Crippen LogP contribution >= 0.6 is 0 Å². The van der Waals surface area contributed by atoms with Crippen LogP contribution < -0.4 is 20.1 Å². The van der Waals surface area contributed by atoms with Gasteiger partial charge in [0.1, 0.15) is 6.10 Å². The first kappa shape index (κ1) is 19.1. The zero-order valence-electron chi connectivity index (χ0n) is 16.0. The van der Waals surface area contributed by atoms with Gasteiger partial charge in [0.25, 0.3) is 0 Å². The molecule has 1 heterocycles. The number of nitrogens with one attached hydrogen (secondary N) is 2. The number of rotatable bonds is 6. The van der Waals surface area contributed by atoms with E-state index in [0.717, 1.165) is 31.2 Å². The lowest BCUT2D eigenvalue weighted by Gasteiger charge is -2.29. The molecular formula is C20H26N2O5. The maximum atomic E-state index is 12.9. The van der Waals surface area contributed by atoms with Crippen molar-refractivity contribution in [2.75, 3.05) is 13.7 Å². The van der Waals surface area contributed by atoms with Gasteiger partial charge in [-0.05, 0) is 57.2 Å². The first-order chi connectivity index (χ1) is 13.0. The molecule has 1 aliphatic heterocycles. The summed E-state index contributed by atoms with van der Waals surface area (Å²) in [7, 11) is 1.55. The van der Waals surface area contributed by atoms with Crippen molar-refractivity contribution in [3.63, 3.8) is 0 Å². The quantitative estimate of drug-likeness (QED) is 0.747. The van der Waals surface area contributed by atoms with Crippen LogP contribution in [-0.2, 0) is 9.53 Å². The van der Waals surface area contributed by atoms with Gasteiger partial charge in [-0.15, -0.1) is 0 Å². The van der Waals surface area contributed by atoms with E-state index in [9.17, 15) is 9.59 Å². The third-order valence-corrected chi connectivity index (χ3v) is 4.89. The van der Waals surface area contributed by atoms with Gasteiger partial charge >= 0.3 is 12.0 Å². The molecule has 1 aliphatic carbocycles. The summed E-state index contributed by atoms with van der Waals surface area (Å²) in [4.78, 5) is 24.9. The fourth-order valence-electron chi connectivity index (χ4n) is 3.57. The normalized spacial score (nSPS) is 20.1. The fraction of sp³-hybridized carbons (Fsp3) is 0.500. The second-order valence-electron chi connectivity index (χ2n) is 6.73. The molecule has 0 radical (unpaired) electrons. The van der Waals surface area contributed by atoms with Gasteiger partial charge in [0.05, 0.1) is 25.3 Å². The monoisotopic (exact) mass is 374 g/mol. The Morgan fingerprint density at radius 2 is 1.96 bits per heavy atom. The van der Waals surface area contributed by atoms with Crippen molar-refractivity contribution in [3.05, 3.63) is 35.0 Å². The Morgan fingerprint density at radius 1 is 1.22 bits per heavy atom. The van der Waals surface area contributed by atoms with Crippen LogP contribution in [-0.4, -0.2) is 31.8 Å². The number of allylic oxidation sites excluding steroid dienone is 1. The summed E-state index contributed by atoms with van der Waals surface area (Å²) < 4.78 is 16.6. The fourth-order valence-corrected chi connectivity index (χ4v) is 3.57. The first-order valence-electron chi connectivity index (χ1n) is 9.33. The number of ether oxygens (including phenoxy) is 3. The van der Waals surface area contributed by atoms with Crippen LogP contribution in [0.25, 0.3) is 0 Å². The van der Waals surface area contributed by atoms with E-state index in [4.69, 9.17) is 14.2 Å². The largest absolute Gasteiger partial charge is 0.493 e. The summed E-state index contributed by atoms with van der Waals surface area (Å²) in [5.74, 6) is 0.757. The SMILES string of the molecule is CCOc1ccc([C@@H]2NC(=O)NC(C)=C2C(=O)OC2CCCC2)cc1OC. The van der Waals surface area contributed by atoms with Gasteiger partial charge in [-0.3, -0.25) is 0 Å². The highest BCUT2D eigenvalue weighted by molar-refractivity contribution is 5.95. The topological polar surface area (TPSA) is 85.9 Å². The third kappa shape index (κ3) is 4.18. The van der Waals surface area contributed by atoms with Gasteiger partial charge < -0.3 is 24.8 Å². The van der Waals surface area contributed by atoms with E-state index in [2.05, 4.69) is 10.6 Å². The average molecular weight is 374 g/mol. The smallest absolute Gasteiger partial charge is 0.338 e. The Kier molecular flexibility index (Phi) is 5.88. The maximum Gasteiger partial charge on any atom is 0.338 e. The molecule has 146 valence electrons. The van der Waals surface area contributed by atoms with Gasteiger partial charge in [0.15, 0.2) is 11.5 Å². The van der Waals surface area contributed by atoms with Crippen LogP contribution in [0.15, 0.2) is 29.5 Å². The Hall–Kier alpha value is -2.70. The predicted octanol–water partition coefficient (Wildman–Crippen LogP) is 3.21. The highest BCUT2D eigenvalue weighted by Crippen LogP contribution is 2.35. The van der Waals surface area contributed by atoms with Crippen molar-refractivity contribution in [2.45, 2.75) is 51.7 Å². The highest BCUT2D eigenvalue weighted by atomic mass is 16.5. The van der Waals surface area contributed by atoms with Gasteiger partial charge in [0, 0.05) is 5.70 Å². The minimum atomic E-state index is -0.614. The number of carbonyl (C=O) groups excluding carboxylic acids is 2. The van der Waals surface area contributed by atoms with Crippen LogP contribution in [0.4, 0.5) is 4.79 Å². The molecule has 7 nitrogen and oxygen atoms in total. The maximum absolute atomic E-state index is 12.9. The summed E-state index contributed by atoms with van der Waals surface area (Å²) >= 11 is 0. The van der Waals surface area contributed by atoms with Crippen LogP contribution in [0.3, 0.4) is 0 Å². The summed E-state index contributed by atoms with van der Waals surface area (Å²) in [5.41, 5.74) is 1.63. The zero-order chi connectivity index (χ0) is 19.4. The summed E-state index contributed by atoms with van der Waals surface area (Å²) in [6.45, 7) is 4.12. The Balaban J connectivity index is 1.92. The number of esters is 1. The van der Waals surface area contributed by atoms with Gasteiger partial charge in [-0.25, -0.2) is 9.59 Å². The number of methoxy groups -OCH3 is 1. The molecule has 2 aliphatic rings. The van der Waals surface area contributed by atoms with E-state index in [-0.39, 0.29) is 12.1 Å². The van der Waals surface area contributed by atoms with Crippen molar-refractivity contribution in [3.8, 4) is 11.5 Å². The molecule has 0 unspecified atom stereocenters. The summed E-state index contributed by atoms with van der Waals surface area (Å²) in [5, 5.41) is 5.48. The molecule has 0 spiro atoms. The molecule has 1 aromatic carbocycles. The predicted molar refractivity (Wildman–Crippen MR) is 99.6 cm³/mol. The molecule has 1 fully saturated rings. The minimum absolute atomic E-state index is 0.0501. The van der Waals surface area contributed by atoms with Crippen molar-refractivity contribution >= 4 is 12.0 Å². The zero-order valence-corrected chi connectivity index (χ0v) is 16.0. The number of hydrogen-bond acceptors (Lipinski definition) is 5. The number of hydrogen-bond donors (Lipinski definition) is 2. The van der Waals surface area contributed by atoms with E-state index in [1.807, 2.05) is 13.0 Å². The van der Waals surface area contributed by atoms with Crippen molar-refractivity contribution in [2.24, 2.45) is 0 Å². The molecule has 3 rings (SSSR count). The Labute approximate surface area is 159 Å². The second kappa shape index (κ2) is 8.33. The average Bonchev–Trinajstić information content (AvgIpc) is 3.14. The molecule has 27 heavy (non-hydrogen) atoms. The molecule has 0 bridgehead atoms. The van der Waals surface area contributed by atoms with Crippen molar-refractivity contribution in [1.82, 2.24) is 10.6 Å². The molecule has 0 saturated heterocycles. The Morgan fingerprint density at radius 3 is 2.63 bits per heavy atom. The molecule has 2 N–H and O–H groups in total. The van der Waals surface area contributed by atoms with E-state index in [1.54, 1.807) is 26.2 Å². The molecule has 1 aromatic rings. The van der Waals surface area contributed by atoms with Crippen LogP contribution in [0, 0.1) is 0 Å². The van der Waals surface area contributed by atoms with Gasteiger partial charge in [-0.1, -0.05) is 6.07 Å². The second-order valence-corrected chi connectivity index (χ2v) is 6.73. The molecular weight excluding hydrogens is 348 g/mol. The van der Waals surface area contributed by atoms with Crippen molar-refractivity contribution in [1.29, 1.82) is 0 Å². The summed E-state index contributed by atoms with van der Waals surface area (Å²) in [6, 6.07) is 4.40. The lowest BCUT2D eigenvalue weighted by atomic mass is 9.95. The van der Waals surface area contributed by atoms with Gasteiger partial charge in [0.2, 0.25) is 0 Å². The standard InChI is InChI=1S/C20H26N2O5/c1-4-26-15-10-9-13(11-16(15)25-3)18-17(12(2)21-20(24)22-18)19(23)27-14-7-5-6-8-14/h9-11,14,18H,4-8H2,1-3H3,(H2,21,22,24)/t18-/m0/s1. The lowest BCUT2D eigenvalue weighted by molar-refractivity contribution is -0.144. The number of amides is 2. The Bertz CT molecular complexity index is 753. The molecule has 1 atom stereocenters. The number of urea groups is 1. The molecule has 0 aromatic heterocycles. The third-order valence-electron chi connectivity index (χ3n) is 4.89. The minimum Gasteiger partial charge on any atom is -0.493 e. The van der Waals surface area contributed by atoms with E-state index in [1.165, 1.54) is 0 Å². The van der Waals surface area contributed by atoms with Crippen LogP contribution in [0.2, 0.25) is 0 Å². The first-order valence-corrected chi connectivity index (χ1v) is 9.33.